The summed E-state index contributed by atoms with van der Waals surface area (Å²) in [5.74, 6) is 0.620. The number of piperidine rings is 1. The van der Waals surface area contributed by atoms with Gasteiger partial charge in [0, 0.05) is 5.92 Å². The van der Waals surface area contributed by atoms with Crippen LogP contribution in [0.4, 0.5) is 0 Å². The quantitative estimate of drug-likeness (QED) is 0.655. The molecule has 1 saturated heterocycles. The van der Waals surface area contributed by atoms with E-state index in [9.17, 15) is 0 Å². The Morgan fingerprint density at radius 3 is 2.91 bits per heavy atom. The van der Waals surface area contributed by atoms with Gasteiger partial charge in [0.05, 0.1) is 5.69 Å². The number of nitrogens with one attached hydrogen (secondary N) is 1. The predicted octanol–water partition coefficient (Wildman–Crippen LogP) is 1.14. The van der Waals surface area contributed by atoms with Crippen molar-refractivity contribution in [3.05, 3.63) is 18.4 Å². The van der Waals surface area contributed by atoms with Crippen LogP contribution in [-0.2, 0) is 0 Å². The molecule has 1 fully saturated rings. The molecule has 0 amide bonds. The van der Waals surface area contributed by atoms with Gasteiger partial charge in [-0.05, 0) is 25.9 Å². The first kappa shape index (κ1) is 6.85. The van der Waals surface area contributed by atoms with Crippen LogP contribution in [0.15, 0.2) is 17.1 Å². The fraction of sp³-hybridized carbons (Fsp3) is 0.625. The van der Waals surface area contributed by atoms with E-state index in [1.807, 2.05) is 0 Å². The van der Waals surface area contributed by atoms with Gasteiger partial charge in [-0.15, -0.1) is 0 Å². The van der Waals surface area contributed by atoms with Crippen LogP contribution in [0, 0.1) is 0 Å². The molecule has 60 valence electrons. The normalized spacial score (nSPS) is 20.4. The zero-order chi connectivity index (χ0) is 7.52. The lowest BCUT2D eigenvalue weighted by atomic mass is 9.95. The maximum absolute atomic E-state index is 4.94. The molecule has 0 aromatic carbocycles. The highest BCUT2D eigenvalue weighted by atomic mass is 16.3. The van der Waals surface area contributed by atoms with E-state index in [1.165, 1.54) is 19.2 Å². The molecule has 1 N–H and O–H groups in total. The molecule has 3 heteroatoms. The summed E-state index contributed by atoms with van der Waals surface area (Å²) < 4.78 is 4.94. The van der Waals surface area contributed by atoms with E-state index in [0.29, 0.717) is 5.92 Å². The zero-order valence-electron chi connectivity index (χ0n) is 6.42. The largest absolute Gasteiger partial charge is 0.451 e. The third-order valence-electron chi connectivity index (χ3n) is 2.21. The summed E-state index contributed by atoms with van der Waals surface area (Å²) in [5.41, 5.74) is 1.12. The summed E-state index contributed by atoms with van der Waals surface area (Å²) in [6.45, 7) is 2.22. The maximum Gasteiger partial charge on any atom is 0.180 e. The lowest BCUT2D eigenvalue weighted by Gasteiger charge is -2.19. The molecule has 0 bridgehead atoms. The molecule has 3 nitrogen and oxygen atoms in total. The van der Waals surface area contributed by atoms with Crippen molar-refractivity contribution in [3.8, 4) is 0 Å². The third kappa shape index (κ3) is 1.43. The van der Waals surface area contributed by atoms with Crippen molar-refractivity contribution < 1.29 is 4.42 Å². The number of nitrogens with zero attached hydrogens (tertiary/aromatic N) is 1. The molecular formula is C8H12N2O. The lowest BCUT2D eigenvalue weighted by Crippen LogP contribution is -2.26. The van der Waals surface area contributed by atoms with Gasteiger partial charge in [0.15, 0.2) is 6.39 Å². The first-order valence-corrected chi connectivity index (χ1v) is 4.05. The van der Waals surface area contributed by atoms with Crippen LogP contribution in [0.5, 0.6) is 0 Å². The van der Waals surface area contributed by atoms with Gasteiger partial charge in [-0.3, -0.25) is 0 Å². The Bertz CT molecular complexity index is 202. The first-order valence-electron chi connectivity index (χ1n) is 4.05. The molecule has 0 atom stereocenters. The minimum absolute atomic E-state index is 0.620. The fourth-order valence-electron chi connectivity index (χ4n) is 1.54. The summed E-state index contributed by atoms with van der Waals surface area (Å²) in [5, 5.41) is 3.32. The third-order valence-corrected chi connectivity index (χ3v) is 2.21. The molecule has 0 aliphatic carbocycles. The van der Waals surface area contributed by atoms with Crippen LogP contribution in [-0.4, -0.2) is 18.1 Å². The second kappa shape index (κ2) is 3.05. The Kier molecular flexibility index (Phi) is 1.90. The molecule has 1 aromatic rings. The minimum atomic E-state index is 0.620. The Balaban J connectivity index is 2.04. The van der Waals surface area contributed by atoms with Crippen molar-refractivity contribution >= 4 is 0 Å². The second-order valence-electron chi connectivity index (χ2n) is 2.94. The van der Waals surface area contributed by atoms with Crippen molar-refractivity contribution in [3.63, 3.8) is 0 Å². The summed E-state index contributed by atoms with van der Waals surface area (Å²) in [7, 11) is 0. The average Bonchev–Trinajstić information content (AvgIpc) is 2.58. The van der Waals surface area contributed by atoms with Gasteiger partial charge < -0.3 is 9.73 Å². The van der Waals surface area contributed by atoms with Crippen molar-refractivity contribution in [2.75, 3.05) is 13.1 Å². The van der Waals surface area contributed by atoms with Crippen LogP contribution in [0.2, 0.25) is 0 Å². The van der Waals surface area contributed by atoms with E-state index < -0.39 is 0 Å². The average molecular weight is 152 g/mol. The molecule has 1 aliphatic heterocycles. The van der Waals surface area contributed by atoms with Crippen molar-refractivity contribution in [1.82, 2.24) is 10.3 Å². The summed E-state index contributed by atoms with van der Waals surface area (Å²) in [6, 6.07) is 0. The molecule has 2 heterocycles. The second-order valence-corrected chi connectivity index (χ2v) is 2.94. The van der Waals surface area contributed by atoms with Gasteiger partial charge in [0.25, 0.3) is 0 Å². The molecule has 11 heavy (non-hydrogen) atoms. The smallest absolute Gasteiger partial charge is 0.180 e. The van der Waals surface area contributed by atoms with Crippen LogP contribution in [0.1, 0.15) is 24.5 Å². The summed E-state index contributed by atoms with van der Waals surface area (Å²) >= 11 is 0. The van der Waals surface area contributed by atoms with Gasteiger partial charge in [-0.2, -0.15) is 0 Å². The fourth-order valence-corrected chi connectivity index (χ4v) is 1.54. The highest BCUT2D eigenvalue weighted by Crippen LogP contribution is 2.22. The number of hydrogen-bond acceptors (Lipinski definition) is 3. The van der Waals surface area contributed by atoms with E-state index in [-0.39, 0.29) is 0 Å². The van der Waals surface area contributed by atoms with Crippen molar-refractivity contribution in [2.24, 2.45) is 0 Å². The SMILES string of the molecule is c1nc(C2CCNCC2)co1. The Morgan fingerprint density at radius 1 is 1.45 bits per heavy atom. The minimum Gasteiger partial charge on any atom is -0.451 e. The van der Waals surface area contributed by atoms with Crippen molar-refractivity contribution in [2.45, 2.75) is 18.8 Å². The van der Waals surface area contributed by atoms with E-state index in [2.05, 4.69) is 10.3 Å². The van der Waals surface area contributed by atoms with E-state index in [1.54, 1.807) is 6.26 Å². The predicted molar refractivity (Wildman–Crippen MR) is 41.3 cm³/mol. The number of oxazole rings is 1. The Morgan fingerprint density at radius 2 is 2.27 bits per heavy atom. The molecule has 2 rings (SSSR count). The number of rotatable bonds is 1. The van der Waals surface area contributed by atoms with Gasteiger partial charge in [0.2, 0.25) is 0 Å². The summed E-state index contributed by atoms with van der Waals surface area (Å²) in [6.07, 6.45) is 5.65. The Labute approximate surface area is 65.8 Å². The van der Waals surface area contributed by atoms with Crippen molar-refractivity contribution in [1.29, 1.82) is 0 Å². The highest BCUT2D eigenvalue weighted by Gasteiger charge is 2.16. The molecular weight excluding hydrogens is 140 g/mol. The molecule has 1 aromatic heterocycles. The van der Waals surface area contributed by atoms with Gasteiger partial charge in [-0.25, -0.2) is 4.98 Å². The molecule has 0 radical (unpaired) electrons. The van der Waals surface area contributed by atoms with Crippen LogP contribution < -0.4 is 5.32 Å². The van der Waals surface area contributed by atoms with Crippen LogP contribution >= 0.6 is 0 Å². The Hall–Kier alpha value is -0.830. The monoisotopic (exact) mass is 152 g/mol. The number of hydrogen-bond donors (Lipinski definition) is 1. The van der Waals surface area contributed by atoms with Gasteiger partial charge in [-0.1, -0.05) is 0 Å². The zero-order valence-corrected chi connectivity index (χ0v) is 6.42. The molecule has 0 unspecified atom stereocenters. The van der Waals surface area contributed by atoms with Gasteiger partial charge >= 0.3 is 0 Å². The standard InChI is InChI=1S/C8H12N2O/c1-3-9-4-2-7(1)8-5-11-6-10-8/h5-7,9H,1-4H2. The first-order chi connectivity index (χ1) is 5.47. The molecule has 0 spiro atoms. The van der Waals surface area contributed by atoms with Crippen LogP contribution in [0.25, 0.3) is 0 Å². The van der Waals surface area contributed by atoms with Gasteiger partial charge in [0.1, 0.15) is 6.26 Å². The maximum atomic E-state index is 4.94. The molecule has 1 aliphatic rings. The van der Waals surface area contributed by atoms with E-state index >= 15 is 0 Å². The lowest BCUT2D eigenvalue weighted by molar-refractivity contribution is 0.451. The highest BCUT2D eigenvalue weighted by molar-refractivity contribution is 5.02. The summed E-state index contributed by atoms with van der Waals surface area (Å²) in [4.78, 5) is 4.15. The molecule has 0 saturated carbocycles. The van der Waals surface area contributed by atoms with E-state index in [4.69, 9.17) is 4.42 Å². The van der Waals surface area contributed by atoms with Crippen LogP contribution in [0.3, 0.4) is 0 Å². The topological polar surface area (TPSA) is 38.1 Å². The van der Waals surface area contributed by atoms with E-state index in [0.717, 1.165) is 18.8 Å². The number of aromatic nitrogens is 1.